The minimum absolute atomic E-state index is 0.707. The molecule has 0 radical (unpaired) electrons. The molecule has 0 saturated heterocycles. The second-order valence-electron chi connectivity index (χ2n) is 4.02. The fourth-order valence-electron chi connectivity index (χ4n) is 1.52. The van der Waals surface area contributed by atoms with E-state index in [0.29, 0.717) is 5.95 Å². The van der Waals surface area contributed by atoms with Crippen molar-refractivity contribution in [2.75, 3.05) is 11.9 Å². The fraction of sp³-hybridized carbons (Fsp3) is 0.385. The lowest BCUT2D eigenvalue weighted by atomic mass is 10.3. The molecule has 0 atom stereocenters. The van der Waals surface area contributed by atoms with E-state index in [4.69, 9.17) is 0 Å². The first-order valence-electron chi connectivity index (χ1n) is 6.16. The van der Waals surface area contributed by atoms with Gasteiger partial charge in [0.05, 0.1) is 0 Å². The zero-order chi connectivity index (χ0) is 12.6. The van der Waals surface area contributed by atoms with Crippen LogP contribution in [0.15, 0.2) is 29.9 Å². The normalized spacial score (nSPS) is 10.5. The zero-order valence-electron chi connectivity index (χ0n) is 10.5. The molecule has 2 N–H and O–H groups in total. The smallest absolute Gasteiger partial charge is 0.222 e. The molecule has 4 nitrogen and oxygen atoms in total. The van der Waals surface area contributed by atoms with E-state index in [1.54, 1.807) is 11.3 Å². The molecular formula is C13H18N4S. The van der Waals surface area contributed by atoms with Gasteiger partial charge in [-0.2, -0.15) is 0 Å². The Morgan fingerprint density at radius 3 is 2.72 bits per heavy atom. The van der Waals surface area contributed by atoms with Crippen molar-refractivity contribution < 1.29 is 0 Å². The van der Waals surface area contributed by atoms with Gasteiger partial charge in [-0.05, 0) is 17.9 Å². The van der Waals surface area contributed by atoms with Crippen LogP contribution >= 0.6 is 11.3 Å². The van der Waals surface area contributed by atoms with E-state index in [9.17, 15) is 0 Å². The quantitative estimate of drug-likeness (QED) is 0.805. The highest BCUT2D eigenvalue weighted by Crippen LogP contribution is 2.08. The third kappa shape index (κ3) is 4.09. The average Bonchev–Trinajstić information content (AvgIpc) is 2.91. The highest BCUT2D eigenvalue weighted by molar-refractivity contribution is 7.09. The molecule has 2 rings (SSSR count). The number of thiophene rings is 1. The molecule has 0 aromatic carbocycles. The Morgan fingerprint density at radius 2 is 2.06 bits per heavy atom. The number of hydrogen-bond donors (Lipinski definition) is 2. The number of hydrogen-bond acceptors (Lipinski definition) is 5. The van der Waals surface area contributed by atoms with E-state index in [-0.39, 0.29) is 0 Å². The molecule has 0 unspecified atom stereocenters. The largest absolute Gasteiger partial charge is 0.354 e. The summed E-state index contributed by atoms with van der Waals surface area (Å²) in [4.78, 5) is 9.89. The molecule has 0 aliphatic heterocycles. The third-order valence-electron chi connectivity index (χ3n) is 2.45. The first-order chi connectivity index (χ1) is 8.88. The van der Waals surface area contributed by atoms with E-state index in [2.05, 4.69) is 45.0 Å². The maximum absolute atomic E-state index is 4.27. The van der Waals surface area contributed by atoms with Crippen molar-refractivity contribution in [1.29, 1.82) is 0 Å². The van der Waals surface area contributed by atoms with Crippen molar-refractivity contribution in [2.24, 2.45) is 0 Å². The molecule has 0 aliphatic carbocycles. The summed E-state index contributed by atoms with van der Waals surface area (Å²) in [5.74, 6) is 0.707. The Hall–Kier alpha value is -1.46. The summed E-state index contributed by atoms with van der Waals surface area (Å²) in [6.45, 7) is 4.73. The van der Waals surface area contributed by atoms with Gasteiger partial charge in [-0.3, -0.25) is 0 Å². The van der Waals surface area contributed by atoms with Gasteiger partial charge >= 0.3 is 0 Å². The van der Waals surface area contributed by atoms with Gasteiger partial charge in [-0.1, -0.05) is 13.0 Å². The monoisotopic (exact) mass is 262 g/mol. The van der Waals surface area contributed by atoms with Crippen LogP contribution in [0.3, 0.4) is 0 Å². The number of aromatic nitrogens is 2. The number of anilines is 1. The molecule has 0 amide bonds. The molecule has 2 heterocycles. The van der Waals surface area contributed by atoms with Gasteiger partial charge in [0.2, 0.25) is 5.95 Å². The Morgan fingerprint density at radius 1 is 1.22 bits per heavy atom. The van der Waals surface area contributed by atoms with Crippen molar-refractivity contribution in [1.82, 2.24) is 15.3 Å². The van der Waals surface area contributed by atoms with Crippen LogP contribution in [-0.2, 0) is 13.1 Å². The lowest BCUT2D eigenvalue weighted by Crippen LogP contribution is -2.12. The second-order valence-corrected chi connectivity index (χ2v) is 5.06. The van der Waals surface area contributed by atoms with Gasteiger partial charge in [0, 0.05) is 42.5 Å². The SMILES string of the molecule is CCCNc1ncc(CNCc2cccs2)cn1. The van der Waals surface area contributed by atoms with Crippen LogP contribution in [0.4, 0.5) is 5.95 Å². The number of nitrogens with zero attached hydrogens (tertiary/aromatic N) is 2. The van der Waals surface area contributed by atoms with Gasteiger partial charge in [0.25, 0.3) is 0 Å². The van der Waals surface area contributed by atoms with Crippen LogP contribution in [-0.4, -0.2) is 16.5 Å². The molecule has 0 spiro atoms. The maximum atomic E-state index is 4.27. The third-order valence-corrected chi connectivity index (χ3v) is 3.32. The summed E-state index contributed by atoms with van der Waals surface area (Å²) in [5.41, 5.74) is 1.11. The second kappa shape index (κ2) is 7.08. The van der Waals surface area contributed by atoms with E-state index >= 15 is 0 Å². The standard InChI is InChI=1S/C13H18N4S/c1-2-5-15-13-16-8-11(9-17-13)7-14-10-12-4-3-6-18-12/h3-4,6,8-9,14H,2,5,7,10H2,1H3,(H,15,16,17). The molecular weight excluding hydrogens is 244 g/mol. The van der Waals surface area contributed by atoms with Crippen LogP contribution in [0.1, 0.15) is 23.8 Å². The van der Waals surface area contributed by atoms with Crippen molar-refractivity contribution in [3.63, 3.8) is 0 Å². The van der Waals surface area contributed by atoms with Gasteiger partial charge in [-0.25, -0.2) is 9.97 Å². The van der Waals surface area contributed by atoms with Crippen molar-refractivity contribution >= 4 is 17.3 Å². The molecule has 2 aromatic rings. The van der Waals surface area contributed by atoms with Crippen LogP contribution in [0.25, 0.3) is 0 Å². The summed E-state index contributed by atoms with van der Waals surface area (Å²) in [7, 11) is 0. The minimum atomic E-state index is 0.707. The predicted molar refractivity (Wildman–Crippen MR) is 75.7 cm³/mol. The molecule has 0 bridgehead atoms. The molecule has 5 heteroatoms. The average molecular weight is 262 g/mol. The van der Waals surface area contributed by atoms with Crippen LogP contribution in [0.2, 0.25) is 0 Å². The highest BCUT2D eigenvalue weighted by Gasteiger charge is 1.97. The zero-order valence-corrected chi connectivity index (χ0v) is 11.3. The minimum Gasteiger partial charge on any atom is -0.354 e. The van der Waals surface area contributed by atoms with Gasteiger partial charge in [0.1, 0.15) is 0 Å². The lowest BCUT2D eigenvalue weighted by molar-refractivity contribution is 0.696. The molecule has 0 aliphatic rings. The van der Waals surface area contributed by atoms with E-state index in [1.807, 2.05) is 12.4 Å². The van der Waals surface area contributed by atoms with Crippen molar-refractivity contribution in [2.45, 2.75) is 26.4 Å². The fourth-order valence-corrected chi connectivity index (χ4v) is 2.19. The van der Waals surface area contributed by atoms with E-state index in [1.165, 1.54) is 4.88 Å². The number of rotatable bonds is 7. The molecule has 96 valence electrons. The summed E-state index contributed by atoms with van der Waals surface area (Å²) >= 11 is 1.77. The van der Waals surface area contributed by atoms with E-state index in [0.717, 1.165) is 31.6 Å². The molecule has 0 saturated carbocycles. The first kappa shape index (κ1) is 13.0. The van der Waals surface area contributed by atoms with Gasteiger partial charge in [0.15, 0.2) is 0 Å². The maximum Gasteiger partial charge on any atom is 0.222 e. The Bertz CT molecular complexity index is 439. The Kier molecular flexibility index (Phi) is 5.11. The first-order valence-corrected chi connectivity index (χ1v) is 7.04. The van der Waals surface area contributed by atoms with Gasteiger partial charge in [-0.15, -0.1) is 11.3 Å². The van der Waals surface area contributed by atoms with Crippen LogP contribution in [0, 0.1) is 0 Å². The summed E-state index contributed by atoms with van der Waals surface area (Å²) in [6.07, 6.45) is 4.81. The van der Waals surface area contributed by atoms with Gasteiger partial charge < -0.3 is 10.6 Å². The van der Waals surface area contributed by atoms with Crippen molar-refractivity contribution in [3.05, 3.63) is 40.3 Å². The number of nitrogens with one attached hydrogen (secondary N) is 2. The Balaban J connectivity index is 1.75. The summed E-state index contributed by atoms with van der Waals surface area (Å²) in [6, 6.07) is 4.20. The molecule has 2 aromatic heterocycles. The molecule has 0 fully saturated rings. The van der Waals surface area contributed by atoms with Crippen LogP contribution < -0.4 is 10.6 Å². The van der Waals surface area contributed by atoms with E-state index < -0.39 is 0 Å². The lowest BCUT2D eigenvalue weighted by Gasteiger charge is -2.05. The molecule has 18 heavy (non-hydrogen) atoms. The topological polar surface area (TPSA) is 49.8 Å². The van der Waals surface area contributed by atoms with Crippen LogP contribution in [0.5, 0.6) is 0 Å². The Labute approximate surface area is 111 Å². The predicted octanol–water partition coefficient (Wildman–Crippen LogP) is 2.65. The van der Waals surface area contributed by atoms with Crippen molar-refractivity contribution in [3.8, 4) is 0 Å². The summed E-state index contributed by atoms with van der Waals surface area (Å²) in [5, 5.41) is 8.63. The summed E-state index contributed by atoms with van der Waals surface area (Å²) < 4.78 is 0. The highest BCUT2D eigenvalue weighted by atomic mass is 32.1.